The fraction of sp³-hybridized carbons (Fsp3) is 1.00. The number of hydrogen-bond donors (Lipinski definition) is 0. The first-order valence-electron chi connectivity index (χ1n) is 5.70. The van der Waals surface area contributed by atoms with Gasteiger partial charge in [-0.05, 0) is 12.8 Å². The van der Waals surface area contributed by atoms with Gasteiger partial charge in [-0.1, -0.05) is 33.6 Å². The van der Waals surface area contributed by atoms with Crippen molar-refractivity contribution in [1.82, 2.24) is 0 Å². The highest BCUT2D eigenvalue weighted by Crippen LogP contribution is 2.32. The third-order valence-corrected chi connectivity index (χ3v) is 3.07. The third-order valence-electron chi connectivity index (χ3n) is 3.07. The molecule has 0 rings (SSSR count). The van der Waals surface area contributed by atoms with Crippen LogP contribution >= 0.6 is 0 Å². The quantitative estimate of drug-likeness (QED) is 0.601. The molecule has 0 saturated carbocycles. The van der Waals surface area contributed by atoms with Crippen LogP contribution in [0, 0.1) is 5.92 Å². The zero-order chi connectivity index (χ0) is 11.0. The summed E-state index contributed by atoms with van der Waals surface area (Å²) in [5.74, 6) is 0.470. The fourth-order valence-electron chi connectivity index (χ4n) is 2.27. The first-order valence-corrected chi connectivity index (χ1v) is 5.70. The van der Waals surface area contributed by atoms with E-state index in [1.54, 1.807) is 7.11 Å². The fourth-order valence-corrected chi connectivity index (χ4v) is 2.27. The van der Waals surface area contributed by atoms with Crippen molar-refractivity contribution < 1.29 is 9.47 Å². The summed E-state index contributed by atoms with van der Waals surface area (Å²) in [6.07, 6.45) is 4.59. The van der Waals surface area contributed by atoms with Crippen LogP contribution in [-0.4, -0.2) is 26.4 Å². The van der Waals surface area contributed by atoms with Gasteiger partial charge in [-0.25, -0.2) is 0 Å². The Morgan fingerprint density at radius 3 is 1.86 bits per heavy atom. The van der Waals surface area contributed by atoms with Crippen molar-refractivity contribution in [1.29, 1.82) is 0 Å². The van der Waals surface area contributed by atoms with Gasteiger partial charge in [0.1, 0.15) is 0 Å². The van der Waals surface area contributed by atoms with Crippen LogP contribution < -0.4 is 0 Å². The minimum Gasteiger partial charge on any atom is -0.384 e. The Labute approximate surface area is 89.0 Å². The molecule has 2 nitrogen and oxygen atoms in total. The smallest absolute Gasteiger partial charge is 0.0725 e. The van der Waals surface area contributed by atoms with Crippen molar-refractivity contribution in [3.63, 3.8) is 0 Å². The van der Waals surface area contributed by atoms with Gasteiger partial charge in [-0.3, -0.25) is 0 Å². The van der Waals surface area contributed by atoms with E-state index < -0.39 is 0 Å². The molecule has 0 spiro atoms. The average Bonchev–Trinajstić information content (AvgIpc) is 2.17. The normalized spacial score (nSPS) is 14.4. The Balaban J connectivity index is 4.45. The summed E-state index contributed by atoms with van der Waals surface area (Å²) in [6.45, 7) is 7.43. The number of ether oxygens (including phenoxy) is 2. The topological polar surface area (TPSA) is 18.5 Å². The minimum absolute atomic E-state index is 0.0273. The largest absolute Gasteiger partial charge is 0.384 e. The van der Waals surface area contributed by atoms with Gasteiger partial charge in [0.25, 0.3) is 0 Å². The molecule has 0 aliphatic carbocycles. The van der Waals surface area contributed by atoms with Crippen molar-refractivity contribution in [2.75, 3.05) is 20.8 Å². The molecular formula is C12H26O2. The van der Waals surface area contributed by atoms with E-state index in [1.165, 1.54) is 12.8 Å². The number of methoxy groups -OCH3 is 2. The van der Waals surface area contributed by atoms with Crippen LogP contribution in [0.4, 0.5) is 0 Å². The van der Waals surface area contributed by atoms with Crippen LogP contribution in [0.1, 0.15) is 46.5 Å². The van der Waals surface area contributed by atoms with Crippen LogP contribution in [0.5, 0.6) is 0 Å². The second-order valence-electron chi connectivity index (χ2n) is 4.13. The Morgan fingerprint density at radius 1 is 1.07 bits per heavy atom. The van der Waals surface area contributed by atoms with Gasteiger partial charge in [0, 0.05) is 20.1 Å². The second-order valence-corrected chi connectivity index (χ2v) is 4.13. The molecule has 0 fully saturated rings. The highest BCUT2D eigenvalue weighted by molar-refractivity contribution is 4.85. The zero-order valence-electron chi connectivity index (χ0n) is 10.4. The lowest BCUT2D eigenvalue weighted by molar-refractivity contribution is -0.0851. The molecule has 0 aromatic carbocycles. The predicted molar refractivity (Wildman–Crippen MR) is 60.6 cm³/mol. The van der Waals surface area contributed by atoms with Crippen molar-refractivity contribution in [2.24, 2.45) is 5.92 Å². The molecule has 0 aromatic heterocycles. The molecule has 0 amide bonds. The van der Waals surface area contributed by atoms with Crippen molar-refractivity contribution in [2.45, 2.75) is 52.1 Å². The van der Waals surface area contributed by atoms with E-state index in [1.807, 2.05) is 7.11 Å². The average molecular weight is 202 g/mol. The summed E-state index contributed by atoms with van der Waals surface area (Å²) in [5, 5.41) is 0. The Bertz CT molecular complexity index is 128. The van der Waals surface area contributed by atoms with Crippen molar-refractivity contribution in [3.8, 4) is 0 Å². The minimum atomic E-state index is 0.0273. The van der Waals surface area contributed by atoms with Gasteiger partial charge < -0.3 is 9.47 Å². The summed E-state index contributed by atoms with van der Waals surface area (Å²) in [4.78, 5) is 0. The standard InChI is InChI=1S/C12H26O2/c1-6-8-12(14-5,9-7-2)11(3)10-13-4/h11H,6-10H2,1-5H3. The Morgan fingerprint density at radius 2 is 1.57 bits per heavy atom. The highest BCUT2D eigenvalue weighted by Gasteiger charge is 2.34. The predicted octanol–water partition coefficient (Wildman–Crippen LogP) is 3.25. The second kappa shape index (κ2) is 7.24. The van der Waals surface area contributed by atoms with Crippen LogP contribution in [0.15, 0.2) is 0 Å². The lowest BCUT2D eigenvalue weighted by atomic mass is 9.81. The molecule has 0 N–H and O–H groups in total. The molecule has 0 aliphatic heterocycles. The van der Waals surface area contributed by atoms with E-state index in [0.29, 0.717) is 5.92 Å². The van der Waals surface area contributed by atoms with Gasteiger partial charge in [-0.2, -0.15) is 0 Å². The first-order chi connectivity index (χ1) is 6.66. The lowest BCUT2D eigenvalue weighted by Crippen LogP contribution is -2.40. The molecule has 2 heteroatoms. The van der Waals surface area contributed by atoms with E-state index in [9.17, 15) is 0 Å². The van der Waals surface area contributed by atoms with Crippen LogP contribution in [0.3, 0.4) is 0 Å². The number of hydrogen-bond acceptors (Lipinski definition) is 2. The van der Waals surface area contributed by atoms with Gasteiger partial charge >= 0.3 is 0 Å². The van der Waals surface area contributed by atoms with Crippen LogP contribution in [0.25, 0.3) is 0 Å². The molecule has 1 unspecified atom stereocenters. The molecule has 0 bridgehead atoms. The molecule has 0 aromatic rings. The first kappa shape index (κ1) is 13.9. The molecule has 0 saturated heterocycles. The van der Waals surface area contributed by atoms with E-state index >= 15 is 0 Å². The third kappa shape index (κ3) is 3.58. The maximum atomic E-state index is 5.75. The Kier molecular flexibility index (Phi) is 7.20. The maximum Gasteiger partial charge on any atom is 0.0725 e. The van der Waals surface area contributed by atoms with Gasteiger partial charge in [0.05, 0.1) is 12.2 Å². The summed E-state index contributed by atoms with van der Waals surface area (Å²) in [5.41, 5.74) is 0.0273. The molecule has 0 heterocycles. The molecule has 86 valence electrons. The van der Waals surface area contributed by atoms with Gasteiger partial charge in [0.2, 0.25) is 0 Å². The van der Waals surface area contributed by atoms with E-state index in [-0.39, 0.29) is 5.60 Å². The summed E-state index contributed by atoms with van der Waals surface area (Å²) >= 11 is 0. The maximum absolute atomic E-state index is 5.75. The van der Waals surface area contributed by atoms with E-state index in [4.69, 9.17) is 9.47 Å². The van der Waals surface area contributed by atoms with Gasteiger partial charge in [-0.15, -0.1) is 0 Å². The van der Waals surface area contributed by atoms with Crippen molar-refractivity contribution >= 4 is 0 Å². The van der Waals surface area contributed by atoms with E-state index in [0.717, 1.165) is 19.4 Å². The monoisotopic (exact) mass is 202 g/mol. The summed E-state index contributed by atoms with van der Waals surface area (Å²) in [7, 11) is 3.59. The summed E-state index contributed by atoms with van der Waals surface area (Å²) in [6, 6.07) is 0. The van der Waals surface area contributed by atoms with Gasteiger partial charge in [0.15, 0.2) is 0 Å². The molecule has 0 radical (unpaired) electrons. The summed E-state index contributed by atoms with van der Waals surface area (Å²) < 4.78 is 11.0. The highest BCUT2D eigenvalue weighted by atomic mass is 16.5. The number of rotatable bonds is 8. The molecular weight excluding hydrogens is 176 g/mol. The van der Waals surface area contributed by atoms with Crippen molar-refractivity contribution in [3.05, 3.63) is 0 Å². The molecule has 14 heavy (non-hydrogen) atoms. The molecule has 1 atom stereocenters. The zero-order valence-corrected chi connectivity index (χ0v) is 10.4. The lowest BCUT2D eigenvalue weighted by Gasteiger charge is -2.37. The van der Waals surface area contributed by atoms with Crippen LogP contribution in [-0.2, 0) is 9.47 Å². The Hall–Kier alpha value is -0.0800. The van der Waals surface area contributed by atoms with E-state index in [2.05, 4.69) is 20.8 Å². The van der Waals surface area contributed by atoms with Crippen LogP contribution in [0.2, 0.25) is 0 Å². The SMILES string of the molecule is CCCC(CCC)(OC)C(C)COC. The molecule has 0 aliphatic rings.